The molecule has 0 bridgehead atoms. The van der Waals surface area contributed by atoms with E-state index < -0.39 is 10.0 Å². The van der Waals surface area contributed by atoms with Crippen molar-refractivity contribution in [2.45, 2.75) is 30.5 Å². The SMILES string of the molecule is COc1ccc(S(=O)(=O)N(Cc2cccnc2)CC(C)SC(C)=O)cc1. The van der Waals surface area contributed by atoms with Crippen LogP contribution in [0.4, 0.5) is 0 Å². The minimum Gasteiger partial charge on any atom is -0.497 e. The number of benzene rings is 1. The summed E-state index contributed by atoms with van der Waals surface area (Å²) in [5.74, 6) is 0.586. The van der Waals surface area contributed by atoms with Crippen molar-refractivity contribution >= 4 is 26.9 Å². The second-order valence-electron chi connectivity index (χ2n) is 5.75. The summed E-state index contributed by atoms with van der Waals surface area (Å²) in [5, 5.41) is -0.210. The van der Waals surface area contributed by atoms with E-state index in [1.54, 1.807) is 30.6 Å². The molecule has 2 aromatic rings. The molecule has 0 aliphatic carbocycles. The molecule has 0 aliphatic heterocycles. The van der Waals surface area contributed by atoms with Gasteiger partial charge in [-0.25, -0.2) is 8.42 Å². The monoisotopic (exact) mass is 394 g/mol. The van der Waals surface area contributed by atoms with Crippen molar-refractivity contribution in [3.8, 4) is 5.75 Å². The third-order valence-electron chi connectivity index (χ3n) is 3.61. The van der Waals surface area contributed by atoms with E-state index in [1.807, 2.05) is 13.0 Å². The van der Waals surface area contributed by atoms with Crippen LogP contribution in [0.1, 0.15) is 19.4 Å². The number of rotatable bonds is 8. The van der Waals surface area contributed by atoms with Gasteiger partial charge in [0.15, 0.2) is 5.12 Å². The van der Waals surface area contributed by atoms with Gasteiger partial charge in [0, 0.05) is 37.7 Å². The summed E-state index contributed by atoms with van der Waals surface area (Å²) < 4.78 is 32.7. The second kappa shape index (κ2) is 9.16. The molecule has 1 unspecified atom stereocenters. The van der Waals surface area contributed by atoms with Crippen LogP contribution in [0.5, 0.6) is 5.75 Å². The number of aromatic nitrogens is 1. The molecule has 8 heteroatoms. The Labute approximate surface area is 158 Å². The molecule has 2 rings (SSSR count). The number of ether oxygens (including phenoxy) is 1. The molecule has 0 N–H and O–H groups in total. The highest BCUT2D eigenvalue weighted by Crippen LogP contribution is 2.23. The molecule has 0 saturated carbocycles. The molecular formula is C18H22N2O4S2. The Bertz CT molecular complexity index is 824. The van der Waals surface area contributed by atoms with E-state index in [1.165, 1.54) is 30.5 Å². The van der Waals surface area contributed by atoms with Crippen molar-refractivity contribution < 1.29 is 17.9 Å². The fraction of sp³-hybridized carbons (Fsp3) is 0.333. The van der Waals surface area contributed by atoms with Gasteiger partial charge in [-0.2, -0.15) is 4.31 Å². The lowest BCUT2D eigenvalue weighted by molar-refractivity contribution is -0.109. The van der Waals surface area contributed by atoms with Crippen LogP contribution in [0.25, 0.3) is 0 Å². The Kier molecular flexibility index (Phi) is 7.19. The summed E-state index contributed by atoms with van der Waals surface area (Å²) in [5.41, 5.74) is 0.782. The third-order valence-corrected chi connectivity index (χ3v) is 6.32. The van der Waals surface area contributed by atoms with Crippen molar-refractivity contribution in [2.24, 2.45) is 0 Å². The van der Waals surface area contributed by atoms with Crippen LogP contribution < -0.4 is 4.74 Å². The van der Waals surface area contributed by atoms with Crippen molar-refractivity contribution in [3.63, 3.8) is 0 Å². The van der Waals surface area contributed by atoms with Gasteiger partial charge < -0.3 is 4.74 Å². The number of sulfonamides is 1. The molecule has 1 aromatic carbocycles. The average Bonchev–Trinajstić information content (AvgIpc) is 2.61. The maximum Gasteiger partial charge on any atom is 0.243 e. The highest BCUT2D eigenvalue weighted by molar-refractivity contribution is 8.14. The molecule has 0 amide bonds. The molecular weight excluding hydrogens is 372 g/mol. The Hall–Kier alpha value is -1.90. The molecule has 26 heavy (non-hydrogen) atoms. The lowest BCUT2D eigenvalue weighted by Crippen LogP contribution is -2.35. The quantitative estimate of drug-likeness (QED) is 0.685. The van der Waals surface area contributed by atoms with E-state index in [4.69, 9.17) is 4.74 Å². The van der Waals surface area contributed by atoms with Gasteiger partial charge in [-0.15, -0.1) is 0 Å². The summed E-state index contributed by atoms with van der Waals surface area (Å²) in [6.45, 7) is 3.72. The number of thioether (sulfide) groups is 1. The zero-order valence-corrected chi connectivity index (χ0v) is 16.6. The van der Waals surface area contributed by atoms with Gasteiger partial charge in [0.1, 0.15) is 5.75 Å². The largest absolute Gasteiger partial charge is 0.497 e. The summed E-state index contributed by atoms with van der Waals surface area (Å²) in [7, 11) is -2.20. The van der Waals surface area contributed by atoms with Gasteiger partial charge in [-0.05, 0) is 35.9 Å². The van der Waals surface area contributed by atoms with E-state index in [0.29, 0.717) is 5.75 Å². The number of carbonyl (C=O) groups is 1. The van der Waals surface area contributed by atoms with Crippen LogP contribution in [0.3, 0.4) is 0 Å². The first-order chi connectivity index (χ1) is 12.3. The first-order valence-corrected chi connectivity index (χ1v) is 10.3. The summed E-state index contributed by atoms with van der Waals surface area (Å²) in [6.07, 6.45) is 3.28. The molecule has 1 aromatic heterocycles. The predicted molar refractivity (Wildman–Crippen MR) is 103 cm³/mol. The number of carbonyl (C=O) groups excluding carboxylic acids is 1. The topological polar surface area (TPSA) is 76.6 Å². The first-order valence-electron chi connectivity index (χ1n) is 8.03. The molecule has 6 nitrogen and oxygen atoms in total. The number of hydrogen-bond acceptors (Lipinski definition) is 6. The van der Waals surface area contributed by atoms with E-state index in [2.05, 4.69) is 4.98 Å². The Morgan fingerprint density at radius 3 is 2.50 bits per heavy atom. The molecule has 0 radical (unpaired) electrons. The van der Waals surface area contributed by atoms with Gasteiger partial charge in [0.05, 0.1) is 12.0 Å². The lowest BCUT2D eigenvalue weighted by Gasteiger charge is -2.25. The minimum atomic E-state index is -3.73. The molecule has 0 spiro atoms. The Morgan fingerprint density at radius 1 is 1.27 bits per heavy atom. The van der Waals surface area contributed by atoms with Gasteiger partial charge >= 0.3 is 0 Å². The standard InChI is InChI=1S/C18H22N2O4S2/c1-14(25-15(2)21)12-20(13-16-5-4-10-19-11-16)26(22,23)18-8-6-17(24-3)7-9-18/h4-11,14H,12-13H2,1-3H3. The fourth-order valence-electron chi connectivity index (χ4n) is 2.45. The summed E-state index contributed by atoms with van der Waals surface area (Å²) >= 11 is 1.13. The van der Waals surface area contributed by atoms with Crippen LogP contribution in [0.15, 0.2) is 53.7 Å². The van der Waals surface area contributed by atoms with E-state index >= 15 is 0 Å². The van der Waals surface area contributed by atoms with E-state index in [-0.39, 0.29) is 28.4 Å². The van der Waals surface area contributed by atoms with Crippen LogP contribution in [0, 0.1) is 0 Å². The van der Waals surface area contributed by atoms with E-state index in [9.17, 15) is 13.2 Å². The summed E-state index contributed by atoms with van der Waals surface area (Å²) in [4.78, 5) is 15.6. The highest BCUT2D eigenvalue weighted by Gasteiger charge is 2.27. The Balaban J connectivity index is 2.31. The van der Waals surface area contributed by atoms with Crippen molar-refractivity contribution in [2.75, 3.05) is 13.7 Å². The lowest BCUT2D eigenvalue weighted by atomic mass is 10.3. The normalized spacial score (nSPS) is 12.8. The number of methoxy groups -OCH3 is 1. The Morgan fingerprint density at radius 2 is 1.96 bits per heavy atom. The molecule has 1 heterocycles. The number of hydrogen-bond donors (Lipinski definition) is 0. The maximum atomic E-state index is 13.1. The van der Waals surface area contributed by atoms with Crippen LogP contribution in [0.2, 0.25) is 0 Å². The van der Waals surface area contributed by atoms with Crippen molar-refractivity contribution in [1.82, 2.24) is 9.29 Å². The molecule has 0 aliphatic rings. The van der Waals surface area contributed by atoms with Crippen molar-refractivity contribution in [1.29, 1.82) is 0 Å². The van der Waals surface area contributed by atoms with Crippen LogP contribution in [-0.2, 0) is 21.4 Å². The first kappa shape index (κ1) is 20.4. The number of nitrogens with zero attached hydrogens (tertiary/aromatic N) is 2. The second-order valence-corrected chi connectivity index (χ2v) is 9.31. The van der Waals surface area contributed by atoms with Gasteiger partial charge in [0.2, 0.25) is 10.0 Å². The fourth-order valence-corrected chi connectivity index (χ4v) is 4.88. The average molecular weight is 395 g/mol. The van der Waals surface area contributed by atoms with Crippen molar-refractivity contribution in [3.05, 3.63) is 54.4 Å². The molecule has 0 fully saturated rings. The zero-order chi connectivity index (χ0) is 19.2. The molecule has 140 valence electrons. The van der Waals surface area contributed by atoms with Crippen LogP contribution >= 0.6 is 11.8 Å². The summed E-state index contributed by atoms with van der Waals surface area (Å²) in [6, 6.07) is 9.86. The third kappa shape index (κ3) is 5.55. The van der Waals surface area contributed by atoms with Gasteiger partial charge in [-0.3, -0.25) is 9.78 Å². The smallest absolute Gasteiger partial charge is 0.243 e. The van der Waals surface area contributed by atoms with Crippen LogP contribution in [-0.4, -0.2) is 41.7 Å². The number of pyridine rings is 1. The predicted octanol–water partition coefficient (Wildman–Crippen LogP) is 2.95. The minimum absolute atomic E-state index is 0.0410. The van der Waals surface area contributed by atoms with E-state index in [0.717, 1.165) is 17.3 Å². The van der Waals surface area contributed by atoms with Gasteiger partial charge in [-0.1, -0.05) is 24.8 Å². The molecule has 0 saturated heterocycles. The highest BCUT2D eigenvalue weighted by atomic mass is 32.2. The maximum absolute atomic E-state index is 13.1. The molecule has 1 atom stereocenters. The van der Waals surface area contributed by atoms with Gasteiger partial charge in [0.25, 0.3) is 0 Å². The zero-order valence-electron chi connectivity index (χ0n) is 15.0.